The van der Waals surface area contributed by atoms with Crippen LogP contribution in [0.4, 0.5) is 0 Å². The van der Waals surface area contributed by atoms with E-state index in [1.165, 1.54) is 0 Å². The standard InChI is InChI=1S/C22H28N2O4/c1-22(2,3)24-21(26)17-8-6-7-16(14-17)20(25)23-12-11-15-9-10-18(27-4)19(13-15)28-5/h6-10,13-14H,11-12H2,1-5H3,(H,23,25)(H,24,26). The van der Waals surface area contributed by atoms with Crippen molar-refractivity contribution in [3.05, 3.63) is 59.2 Å². The molecular formula is C22H28N2O4. The first-order valence-electron chi connectivity index (χ1n) is 9.15. The number of ether oxygens (including phenoxy) is 2. The lowest BCUT2D eigenvalue weighted by Crippen LogP contribution is -2.40. The van der Waals surface area contributed by atoms with Gasteiger partial charge in [0.05, 0.1) is 14.2 Å². The Kier molecular flexibility index (Phi) is 7.04. The van der Waals surface area contributed by atoms with Gasteiger partial charge in [0.2, 0.25) is 0 Å². The lowest BCUT2D eigenvalue weighted by molar-refractivity contribution is 0.0919. The van der Waals surface area contributed by atoms with Crippen LogP contribution in [0.5, 0.6) is 11.5 Å². The molecular weight excluding hydrogens is 356 g/mol. The quantitative estimate of drug-likeness (QED) is 0.769. The maximum absolute atomic E-state index is 12.4. The van der Waals surface area contributed by atoms with Crippen LogP contribution < -0.4 is 20.1 Å². The lowest BCUT2D eigenvalue weighted by Gasteiger charge is -2.20. The highest BCUT2D eigenvalue weighted by Gasteiger charge is 2.16. The topological polar surface area (TPSA) is 76.7 Å². The van der Waals surface area contributed by atoms with Gasteiger partial charge in [-0.25, -0.2) is 0 Å². The Bertz CT molecular complexity index is 841. The number of amides is 2. The Morgan fingerprint density at radius 2 is 1.54 bits per heavy atom. The predicted molar refractivity (Wildman–Crippen MR) is 109 cm³/mol. The fourth-order valence-electron chi connectivity index (χ4n) is 2.67. The summed E-state index contributed by atoms with van der Waals surface area (Å²) in [7, 11) is 3.18. The molecule has 0 saturated heterocycles. The summed E-state index contributed by atoms with van der Waals surface area (Å²) in [5, 5.41) is 5.78. The fourth-order valence-corrected chi connectivity index (χ4v) is 2.67. The van der Waals surface area contributed by atoms with Gasteiger partial charge in [0.1, 0.15) is 0 Å². The largest absolute Gasteiger partial charge is 0.493 e. The lowest BCUT2D eigenvalue weighted by atomic mass is 10.1. The van der Waals surface area contributed by atoms with Crippen LogP contribution in [0.3, 0.4) is 0 Å². The molecule has 2 aromatic rings. The first-order chi connectivity index (χ1) is 13.2. The average Bonchev–Trinajstić information content (AvgIpc) is 2.66. The fraction of sp³-hybridized carbons (Fsp3) is 0.364. The van der Waals surface area contributed by atoms with Crippen molar-refractivity contribution in [3.63, 3.8) is 0 Å². The van der Waals surface area contributed by atoms with E-state index < -0.39 is 0 Å². The number of carbonyl (C=O) groups is 2. The summed E-state index contributed by atoms with van der Waals surface area (Å²) in [5.74, 6) is 0.905. The van der Waals surface area contributed by atoms with Crippen LogP contribution in [0.25, 0.3) is 0 Å². The maximum Gasteiger partial charge on any atom is 0.251 e. The number of carbonyl (C=O) groups excluding carboxylic acids is 2. The van der Waals surface area contributed by atoms with Crippen LogP contribution in [-0.4, -0.2) is 38.1 Å². The van der Waals surface area contributed by atoms with E-state index in [1.54, 1.807) is 38.5 Å². The molecule has 6 nitrogen and oxygen atoms in total. The molecule has 2 rings (SSSR count). The second kappa shape index (κ2) is 9.26. The smallest absolute Gasteiger partial charge is 0.251 e. The SMILES string of the molecule is COc1ccc(CCNC(=O)c2cccc(C(=O)NC(C)(C)C)c2)cc1OC. The van der Waals surface area contributed by atoms with E-state index in [0.717, 1.165) is 5.56 Å². The first-order valence-corrected chi connectivity index (χ1v) is 9.15. The van der Waals surface area contributed by atoms with Gasteiger partial charge >= 0.3 is 0 Å². The van der Waals surface area contributed by atoms with Crippen molar-refractivity contribution in [3.8, 4) is 11.5 Å². The maximum atomic E-state index is 12.4. The van der Waals surface area contributed by atoms with Crippen molar-refractivity contribution < 1.29 is 19.1 Å². The molecule has 0 saturated carbocycles. The molecule has 0 aliphatic carbocycles. The molecule has 0 spiro atoms. The van der Waals surface area contributed by atoms with Crippen molar-refractivity contribution >= 4 is 11.8 Å². The number of benzene rings is 2. The molecule has 0 aliphatic rings. The molecule has 28 heavy (non-hydrogen) atoms. The molecule has 150 valence electrons. The molecule has 2 amide bonds. The highest BCUT2D eigenvalue weighted by atomic mass is 16.5. The third-order valence-electron chi connectivity index (χ3n) is 4.02. The minimum atomic E-state index is -0.339. The van der Waals surface area contributed by atoms with E-state index in [1.807, 2.05) is 39.0 Å². The van der Waals surface area contributed by atoms with Gasteiger partial charge in [0, 0.05) is 23.2 Å². The molecule has 0 aliphatic heterocycles. The Hall–Kier alpha value is -3.02. The summed E-state index contributed by atoms with van der Waals surface area (Å²) in [6.07, 6.45) is 0.649. The van der Waals surface area contributed by atoms with E-state index in [-0.39, 0.29) is 17.4 Å². The molecule has 0 radical (unpaired) electrons. The first kappa shape index (κ1) is 21.3. The van der Waals surface area contributed by atoms with Crippen LogP contribution in [0.15, 0.2) is 42.5 Å². The number of hydrogen-bond donors (Lipinski definition) is 2. The molecule has 0 atom stereocenters. The number of rotatable bonds is 7. The zero-order chi connectivity index (χ0) is 20.7. The van der Waals surface area contributed by atoms with Crippen molar-refractivity contribution in [1.29, 1.82) is 0 Å². The van der Waals surface area contributed by atoms with Crippen molar-refractivity contribution in [2.45, 2.75) is 32.7 Å². The van der Waals surface area contributed by atoms with Crippen LogP contribution in [-0.2, 0) is 6.42 Å². The number of hydrogen-bond acceptors (Lipinski definition) is 4. The summed E-state index contributed by atoms with van der Waals surface area (Å²) in [6, 6.07) is 12.4. The van der Waals surface area contributed by atoms with Gasteiger partial charge in [-0.05, 0) is 63.1 Å². The van der Waals surface area contributed by atoms with Gasteiger partial charge < -0.3 is 20.1 Å². The Balaban J connectivity index is 1.96. The van der Waals surface area contributed by atoms with Gasteiger partial charge in [-0.15, -0.1) is 0 Å². The summed E-state index contributed by atoms with van der Waals surface area (Å²) in [4.78, 5) is 24.7. The molecule has 0 heterocycles. The zero-order valence-corrected chi connectivity index (χ0v) is 17.1. The number of methoxy groups -OCH3 is 2. The monoisotopic (exact) mass is 384 g/mol. The predicted octanol–water partition coefficient (Wildman–Crippen LogP) is 3.20. The van der Waals surface area contributed by atoms with Crippen LogP contribution >= 0.6 is 0 Å². The minimum absolute atomic E-state index is 0.201. The summed E-state index contributed by atoms with van der Waals surface area (Å²) < 4.78 is 10.5. The van der Waals surface area contributed by atoms with Crippen LogP contribution in [0.1, 0.15) is 47.1 Å². The van der Waals surface area contributed by atoms with E-state index in [4.69, 9.17) is 9.47 Å². The van der Waals surface area contributed by atoms with Crippen LogP contribution in [0, 0.1) is 0 Å². The van der Waals surface area contributed by atoms with Crippen LogP contribution in [0.2, 0.25) is 0 Å². The van der Waals surface area contributed by atoms with E-state index in [2.05, 4.69) is 10.6 Å². The molecule has 0 aromatic heterocycles. The Morgan fingerprint density at radius 1 is 0.893 bits per heavy atom. The second-order valence-electron chi connectivity index (χ2n) is 7.48. The van der Waals surface area contributed by atoms with Gasteiger partial charge in [-0.1, -0.05) is 12.1 Å². The second-order valence-corrected chi connectivity index (χ2v) is 7.48. The molecule has 2 aromatic carbocycles. The van der Waals surface area contributed by atoms with Crippen molar-refractivity contribution in [1.82, 2.24) is 10.6 Å². The third kappa shape index (κ3) is 6.01. The van der Waals surface area contributed by atoms with Gasteiger partial charge in [0.15, 0.2) is 11.5 Å². The highest BCUT2D eigenvalue weighted by Crippen LogP contribution is 2.27. The summed E-state index contributed by atoms with van der Waals surface area (Å²) >= 11 is 0. The molecule has 6 heteroatoms. The van der Waals surface area contributed by atoms with Gasteiger partial charge in [-0.2, -0.15) is 0 Å². The van der Waals surface area contributed by atoms with E-state index in [0.29, 0.717) is 35.6 Å². The highest BCUT2D eigenvalue weighted by molar-refractivity contribution is 5.99. The molecule has 0 unspecified atom stereocenters. The summed E-state index contributed by atoms with van der Waals surface area (Å²) in [5.41, 5.74) is 1.60. The third-order valence-corrected chi connectivity index (χ3v) is 4.02. The van der Waals surface area contributed by atoms with Crippen molar-refractivity contribution in [2.75, 3.05) is 20.8 Å². The Labute approximate surface area is 166 Å². The van der Waals surface area contributed by atoms with Gasteiger partial charge in [0.25, 0.3) is 11.8 Å². The average molecular weight is 384 g/mol. The van der Waals surface area contributed by atoms with E-state index >= 15 is 0 Å². The van der Waals surface area contributed by atoms with Gasteiger partial charge in [-0.3, -0.25) is 9.59 Å². The molecule has 0 bridgehead atoms. The van der Waals surface area contributed by atoms with Crippen molar-refractivity contribution in [2.24, 2.45) is 0 Å². The minimum Gasteiger partial charge on any atom is -0.493 e. The number of nitrogens with one attached hydrogen (secondary N) is 2. The Morgan fingerprint density at radius 3 is 2.14 bits per heavy atom. The summed E-state index contributed by atoms with van der Waals surface area (Å²) in [6.45, 7) is 6.20. The normalized spacial score (nSPS) is 10.9. The molecule has 0 fully saturated rings. The van der Waals surface area contributed by atoms with E-state index in [9.17, 15) is 9.59 Å². The zero-order valence-electron chi connectivity index (χ0n) is 17.1. The molecule has 2 N–H and O–H groups in total.